The largest absolute Gasteiger partial charge is 0.383 e. The summed E-state index contributed by atoms with van der Waals surface area (Å²) in [7, 11) is 1.68. The maximum Gasteiger partial charge on any atom is 0.266 e. The number of nitrogens with one attached hydrogen (secondary N) is 1. The van der Waals surface area contributed by atoms with Gasteiger partial charge in [0.15, 0.2) is 0 Å². The van der Waals surface area contributed by atoms with E-state index >= 15 is 0 Å². The summed E-state index contributed by atoms with van der Waals surface area (Å²) in [5, 5.41) is 12.4. The Hall–Kier alpha value is -2.84. The fourth-order valence-corrected chi connectivity index (χ4v) is 4.09. The van der Waals surface area contributed by atoms with Crippen molar-refractivity contribution >= 4 is 17.7 Å². The Balaban J connectivity index is 1.83. The lowest BCUT2D eigenvalue weighted by Crippen LogP contribution is -2.14. The van der Waals surface area contributed by atoms with Gasteiger partial charge in [0, 0.05) is 24.2 Å². The molecule has 3 rings (SSSR count). The lowest BCUT2D eigenvalue weighted by atomic mass is 10.1. The van der Waals surface area contributed by atoms with E-state index < -0.39 is 0 Å². The van der Waals surface area contributed by atoms with E-state index in [1.165, 1.54) is 11.1 Å². The number of rotatable bonds is 6. The summed E-state index contributed by atoms with van der Waals surface area (Å²) in [6.45, 7) is 6.71. The summed E-state index contributed by atoms with van der Waals surface area (Å²) in [5.74, 6) is -0.379. The van der Waals surface area contributed by atoms with Crippen LogP contribution in [0.2, 0.25) is 0 Å². The highest BCUT2D eigenvalue weighted by Gasteiger charge is 2.17. The Bertz CT molecular complexity index is 963. The maximum absolute atomic E-state index is 12.7. The van der Waals surface area contributed by atoms with E-state index in [1.807, 2.05) is 38.1 Å². The van der Waals surface area contributed by atoms with Crippen LogP contribution < -0.4 is 5.32 Å². The van der Waals surface area contributed by atoms with Crippen LogP contribution in [0.3, 0.4) is 0 Å². The lowest BCUT2D eigenvalue weighted by Gasteiger charge is -2.17. The molecule has 1 aliphatic carbocycles. The molecule has 2 aromatic rings. The number of amides is 1. The van der Waals surface area contributed by atoms with E-state index in [2.05, 4.69) is 22.9 Å². The van der Waals surface area contributed by atoms with Gasteiger partial charge in [-0.1, -0.05) is 6.07 Å². The fourth-order valence-electron chi connectivity index (χ4n) is 4.09. The van der Waals surface area contributed by atoms with Crippen molar-refractivity contribution in [3.8, 4) is 6.07 Å². The molecule has 0 radical (unpaired) electrons. The van der Waals surface area contributed by atoms with Crippen molar-refractivity contribution in [3.63, 3.8) is 0 Å². The molecule has 0 aliphatic heterocycles. The summed E-state index contributed by atoms with van der Waals surface area (Å²) in [6.07, 6.45) is 4.98. The maximum atomic E-state index is 12.7. The Morgan fingerprint density at radius 2 is 2.07 bits per heavy atom. The quantitative estimate of drug-likeness (QED) is 0.601. The molecule has 0 spiro atoms. The molecule has 146 valence electrons. The molecule has 1 aliphatic rings. The molecule has 1 atom stereocenters. The molecule has 1 aromatic heterocycles. The van der Waals surface area contributed by atoms with Crippen LogP contribution in [0.4, 0.5) is 5.69 Å². The highest BCUT2D eigenvalue weighted by atomic mass is 16.5. The summed E-state index contributed by atoms with van der Waals surface area (Å²) in [5.41, 5.74) is 6.44. The number of aryl methyl sites for hydroxylation is 3. The number of hydrogen-bond acceptors (Lipinski definition) is 3. The zero-order chi connectivity index (χ0) is 20.3. The van der Waals surface area contributed by atoms with Gasteiger partial charge in [-0.3, -0.25) is 4.79 Å². The van der Waals surface area contributed by atoms with Crippen LogP contribution in [0.5, 0.6) is 0 Å². The molecular weight excluding hydrogens is 350 g/mol. The predicted octanol–water partition coefficient (Wildman–Crippen LogP) is 4.35. The first-order chi connectivity index (χ1) is 13.4. The number of benzene rings is 1. The molecule has 1 aromatic carbocycles. The van der Waals surface area contributed by atoms with Crippen LogP contribution >= 0.6 is 0 Å². The van der Waals surface area contributed by atoms with Crippen molar-refractivity contribution in [3.05, 3.63) is 57.9 Å². The second kappa shape index (κ2) is 8.45. The SMILES string of the molecule is COCC(C)n1c(C)cc(/C=C(/C#N)C(=O)Nc2ccc3c(c2)CCC3)c1C. The highest BCUT2D eigenvalue weighted by molar-refractivity contribution is 6.09. The molecule has 5 heteroatoms. The van der Waals surface area contributed by atoms with Gasteiger partial charge in [-0.15, -0.1) is 0 Å². The smallest absolute Gasteiger partial charge is 0.266 e. The molecule has 0 saturated heterocycles. The number of anilines is 1. The van der Waals surface area contributed by atoms with Crippen LogP contribution in [0.25, 0.3) is 6.08 Å². The molecule has 28 heavy (non-hydrogen) atoms. The van der Waals surface area contributed by atoms with Gasteiger partial charge in [0.2, 0.25) is 0 Å². The third-order valence-electron chi connectivity index (χ3n) is 5.39. The highest BCUT2D eigenvalue weighted by Crippen LogP contribution is 2.26. The molecule has 1 amide bonds. The van der Waals surface area contributed by atoms with Gasteiger partial charge >= 0.3 is 0 Å². The first kappa shape index (κ1) is 19.9. The van der Waals surface area contributed by atoms with Crippen LogP contribution in [0.1, 0.15) is 47.5 Å². The molecule has 0 saturated carbocycles. The van der Waals surface area contributed by atoms with E-state index in [9.17, 15) is 10.1 Å². The Kier molecular flexibility index (Phi) is 6.01. The van der Waals surface area contributed by atoms with E-state index in [0.717, 1.165) is 41.9 Å². The second-order valence-corrected chi connectivity index (χ2v) is 7.46. The Morgan fingerprint density at radius 1 is 1.32 bits per heavy atom. The van der Waals surface area contributed by atoms with Gasteiger partial charge in [-0.25, -0.2) is 0 Å². The van der Waals surface area contributed by atoms with Crippen LogP contribution in [0, 0.1) is 25.2 Å². The van der Waals surface area contributed by atoms with Gasteiger partial charge in [0.25, 0.3) is 5.91 Å². The number of fused-ring (bicyclic) bond motifs is 1. The lowest BCUT2D eigenvalue weighted by molar-refractivity contribution is -0.112. The normalized spacial score (nSPS) is 14.5. The summed E-state index contributed by atoms with van der Waals surface area (Å²) in [4.78, 5) is 12.7. The van der Waals surface area contributed by atoms with Crippen molar-refractivity contribution in [1.29, 1.82) is 5.26 Å². The average Bonchev–Trinajstić information content (AvgIpc) is 3.23. The number of ether oxygens (including phenoxy) is 1. The first-order valence-corrected chi connectivity index (χ1v) is 9.67. The van der Waals surface area contributed by atoms with E-state index in [-0.39, 0.29) is 17.5 Å². The van der Waals surface area contributed by atoms with Gasteiger partial charge in [0.1, 0.15) is 11.6 Å². The Morgan fingerprint density at radius 3 is 2.79 bits per heavy atom. The molecule has 0 fully saturated rings. The summed E-state index contributed by atoms with van der Waals surface area (Å²) >= 11 is 0. The topological polar surface area (TPSA) is 67.0 Å². The number of methoxy groups -OCH3 is 1. The summed E-state index contributed by atoms with van der Waals surface area (Å²) < 4.78 is 7.43. The van der Waals surface area contributed by atoms with Crippen molar-refractivity contribution in [2.24, 2.45) is 0 Å². The first-order valence-electron chi connectivity index (χ1n) is 9.67. The number of nitriles is 1. The van der Waals surface area contributed by atoms with Crippen LogP contribution in [0.15, 0.2) is 29.8 Å². The minimum absolute atomic E-state index is 0.0974. The molecule has 5 nitrogen and oxygen atoms in total. The summed E-state index contributed by atoms with van der Waals surface area (Å²) in [6, 6.07) is 10.2. The minimum atomic E-state index is -0.379. The Labute approximate surface area is 166 Å². The molecular formula is C23H27N3O2. The van der Waals surface area contributed by atoms with Gasteiger partial charge < -0.3 is 14.6 Å². The van der Waals surface area contributed by atoms with Crippen molar-refractivity contribution in [2.75, 3.05) is 19.0 Å². The molecule has 1 heterocycles. The van der Waals surface area contributed by atoms with Crippen LogP contribution in [-0.2, 0) is 22.4 Å². The van der Waals surface area contributed by atoms with E-state index in [0.29, 0.717) is 6.61 Å². The van der Waals surface area contributed by atoms with E-state index in [1.54, 1.807) is 13.2 Å². The third kappa shape index (κ3) is 4.02. The number of carbonyl (C=O) groups is 1. The van der Waals surface area contributed by atoms with E-state index in [4.69, 9.17) is 4.74 Å². The zero-order valence-electron chi connectivity index (χ0n) is 17.0. The molecule has 1 N–H and O–H groups in total. The van der Waals surface area contributed by atoms with Crippen molar-refractivity contribution in [2.45, 2.75) is 46.1 Å². The number of carbonyl (C=O) groups excluding carboxylic acids is 1. The van der Waals surface area contributed by atoms with Crippen molar-refractivity contribution < 1.29 is 9.53 Å². The molecule has 1 unspecified atom stereocenters. The van der Waals surface area contributed by atoms with Gasteiger partial charge in [0.05, 0.1) is 12.6 Å². The zero-order valence-corrected chi connectivity index (χ0v) is 17.0. The number of nitrogens with zero attached hydrogens (tertiary/aromatic N) is 2. The number of aromatic nitrogens is 1. The van der Waals surface area contributed by atoms with Gasteiger partial charge in [-0.2, -0.15) is 5.26 Å². The predicted molar refractivity (Wildman–Crippen MR) is 111 cm³/mol. The number of hydrogen-bond donors (Lipinski definition) is 1. The average molecular weight is 377 g/mol. The van der Waals surface area contributed by atoms with Crippen LogP contribution in [-0.4, -0.2) is 24.2 Å². The fraction of sp³-hybridized carbons (Fsp3) is 0.391. The molecule has 0 bridgehead atoms. The third-order valence-corrected chi connectivity index (χ3v) is 5.39. The minimum Gasteiger partial charge on any atom is -0.383 e. The standard InChI is InChI=1S/C23H27N3O2/c1-15-10-20(17(3)26(15)16(2)14-28-4)11-21(13-24)23(27)25-22-9-8-18-6-5-7-19(18)12-22/h8-12,16H,5-7,14H2,1-4H3,(H,25,27)/b21-11-. The van der Waals surface area contributed by atoms with Crippen molar-refractivity contribution in [1.82, 2.24) is 4.57 Å². The second-order valence-electron chi connectivity index (χ2n) is 7.46. The monoisotopic (exact) mass is 377 g/mol. The van der Waals surface area contributed by atoms with Gasteiger partial charge in [-0.05, 0) is 81.0 Å².